The van der Waals surface area contributed by atoms with Gasteiger partial charge < -0.3 is 19.9 Å². The number of rotatable bonds is 7. The van der Waals surface area contributed by atoms with Gasteiger partial charge in [0.25, 0.3) is 5.56 Å². The van der Waals surface area contributed by atoms with Gasteiger partial charge in [0.05, 0.1) is 24.1 Å². The lowest BCUT2D eigenvalue weighted by Crippen LogP contribution is -2.27. The molecule has 0 aliphatic heterocycles. The van der Waals surface area contributed by atoms with Crippen molar-refractivity contribution in [2.45, 2.75) is 6.92 Å². The molecular weight excluding hydrogens is 392 g/mol. The number of fused-ring (bicyclic) bond motifs is 1. The van der Waals surface area contributed by atoms with E-state index in [9.17, 15) is 4.79 Å². The lowest BCUT2D eigenvalue weighted by molar-refractivity contribution is 0.416. The van der Waals surface area contributed by atoms with E-state index >= 15 is 0 Å². The number of anilines is 1. The first-order valence-corrected chi connectivity index (χ1v) is 10.1. The van der Waals surface area contributed by atoms with Crippen LogP contribution in [-0.2, 0) is 0 Å². The SMILES string of the molecule is CNCCN(C)c1ccc(-c2nc3c(C)nn(-c4ccccc4)c3c(=O)[nH]2)c(OC)c1. The van der Waals surface area contributed by atoms with Gasteiger partial charge in [-0.05, 0) is 38.2 Å². The maximum atomic E-state index is 13.1. The molecular formula is C23H26N6O2. The highest BCUT2D eigenvalue weighted by Crippen LogP contribution is 2.32. The number of aromatic nitrogens is 4. The van der Waals surface area contributed by atoms with Crippen molar-refractivity contribution in [2.75, 3.05) is 39.2 Å². The highest BCUT2D eigenvalue weighted by Gasteiger charge is 2.18. The summed E-state index contributed by atoms with van der Waals surface area (Å²) in [4.78, 5) is 22.9. The molecule has 0 atom stereocenters. The van der Waals surface area contributed by atoms with Crippen molar-refractivity contribution in [3.63, 3.8) is 0 Å². The zero-order valence-electron chi connectivity index (χ0n) is 18.1. The van der Waals surface area contributed by atoms with Crippen LogP contribution in [0.4, 0.5) is 5.69 Å². The zero-order chi connectivity index (χ0) is 22.0. The third kappa shape index (κ3) is 3.89. The van der Waals surface area contributed by atoms with E-state index in [2.05, 4.69) is 20.3 Å². The number of nitrogens with zero attached hydrogens (tertiary/aromatic N) is 4. The molecule has 0 aliphatic carbocycles. The normalized spacial score (nSPS) is 11.1. The zero-order valence-corrected chi connectivity index (χ0v) is 18.1. The number of hydrogen-bond acceptors (Lipinski definition) is 6. The molecule has 8 heteroatoms. The average molecular weight is 419 g/mol. The minimum atomic E-state index is -0.248. The molecule has 31 heavy (non-hydrogen) atoms. The van der Waals surface area contributed by atoms with Crippen LogP contribution in [0.5, 0.6) is 5.75 Å². The first-order chi connectivity index (χ1) is 15.0. The Kier molecular flexibility index (Phi) is 5.73. The summed E-state index contributed by atoms with van der Waals surface area (Å²) in [6.07, 6.45) is 0. The number of methoxy groups -OCH3 is 1. The van der Waals surface area contributed by atoms with E-state index in [0.29, 0.717) is 28.3 Å². The summed E-state index contributed by atoms with van der Waals surface area (Å²) in [6.45, 7) is 3.59. The van der Waals surface area contributed by atoms with E-state index in [0.717, 1.165) is 30.0 Å². The number of aromatic amines is 1. The summed E-state index contributed by atoms with van der Waals surface area (Å²) in [7, 11) is 5.57. The van der Waals surface area contributed by atoms with Crippen molar-refractivity contribution in [2.24, 2.45) is 0 Å². The lowest BCUT2D eigenvalue weighted by Gasteiger charge is -2.20. The fourth-order valence-electron chi connectivity index (χ4n) is 3.57. The van der Waals surface area contributed by atoms with Crippen molar-refractivity contribution in [1.82, 2.24) is 25.1 Å². The molecule has 0 unspecified atom stereocenters. The van der Waals surface area contributed by atoms with Crippen LogP contribution < -0.4 is 20.5 Å². The van der Waals surface area contributed by atoms with E-state index in [1.165, 1.54) is 0 Å². The third-order valence-corrected chi connectivity index (χ3v) is 5.28. The summed E-state index contributed by atoms with van der Waals surface area (Å²) in [5, 5.41) is 7.70. The molecule has 8 nitrogen and oxygen atoms in total. The number of para-hydroxylation sites is 1. The van der Waals surface area contributed by atoms with Crippen LogP contribution in [0.2, 0.25) is 0 Å². The van der Waals surface area contributed by atoms with Crippen LogP contribution in [-0.4, -0.2) is 54.0 Å². The van der Waals surface area contributed by atoms with E-state index in [1.807, 2.05) is 69.6 Å². The molecule has 4 aromatic rings. The van der Waals surface area contributed by atoms with E-state index in [1.54, 1.807) is 11.8 Å². The Hall–Kier alpha value is -3.65. The second-order valence-corrected chi connectivity index (χ2v) is 7.35. The Morgan fingerprint density at radius 3 is 2.68 bits per heavy atom. The number of aryl methyl sites for hydroxylation is 1. The van der Waals surface area contributed by atoms with Gasteiger partial charge in [0.15, 0.2) is 5.52 Å². The van der Waals surface area contributed by atoms with Crippen molar-refractivity contribution < 1.29 is 4.74 Å². The number of benzene rings is 2. The van der Waals surface area contributed by atoms with Crippen LogP contribution in [0.15, 0.2) is 53.3 Å². The van der Waals surface area contributed by atoms with Gasteiger partial charge in [-0.1, -0.05) is 18.2 Å². The smallest absolute Gasteiger partial charge is 0.277 e. The number of likely N-dealkylation sites (N-methyl/N-ethyl adjacent to an activating group) is 2. The van der Waals surface area contributed by atoms with Gasteiger partial charge in [-0.15, -0.1) is 0 Å². The molecule has 2 aromatic carbocycles. The summed E-state index contributed by atoms with van der Waals surface area (Å²) in [5.41, 5.74) is 3.99. The Labute approximate surface area is 180 Å². The van der Waals surface area contributed by atoms with Gasteiger partial charge in [-0.25, -0.2) is 9.67 Å². The number of H-pyrrole nitrogens is 1. The van der Waals surface area contributed by atoms with Gasteiger partial charge in [-0.3, -0.25) is 4.79 Å². The lowest BCUT2D eigenvalue weighted by atomic mass is 10.1. The number of ether oxygens (including phenoxy) is 1. The molecule has 0 saturated heterocycles. The minimum absolute atomic E-state index is 0.248. The second kappa shape index (κ2) is 8.61. The van der Waals surface area contributed by atoms with E-state index < -0.39 is 0 Å². The van der Waals surface area contributed by atoms with E-state index in [4.69, 9.17) is 9.72 Å². The first-order valence-electron chi connectivity index (χ1n) is 10.1. The second-order valence-electron chi connectivity index (χ2n) is 7.35. The Morgan fingerprint density at radius 2 is 1.97 bits per heavy atom. The largest absolute Gasteiger partial charge is 0.496 e. The molecule has 0 saturated carbocycles. The van der Waals surface area contributed by atoms with Gasteiger partial charge in [0.1, 0.15) is 17.1 Å². The van der Waals surface area contributed by atoms with Crippen molar-refractivity contribution in [3.05, 3.63) is 64.6 Å². The third-order valence-electron chi connectivity index (χ3n) is 5.28. The fourth-order valence-corrected chi connectivity index (χ4v) is 3.57. The van der Waals surface area contributed by atoms with Gasteiger partial charge in [-0.2, -0.15) is 5.10 Å². The number of hydrogen-bond donors (Lipinski definition) is 2. The average Bonchev–Trinajstić information content (AvgIpc) is 3.14. The predicted molar refractivity (Wildman–Crippen MR) is 123 cm³/mol. The molecule has 0 aliphatic rings. The summed E-state index contributed by atoms with van der Waals surface area (Å²) >= 11 is 0. The fraction of sp³-hybridized carbons (Fsp3) is 0.261. The minimum Gasteiger partial charge on any atom is -0.496 e. The van der Waals surface area contributed by atoms with Crippen LogP contribution in [0.3, 0.4) is 0 Å². The van der Waals surface area contributed by atoms with Crippen LogP contribution >= 0.6 is 0 Å². The summed E-state index contributed by atoms with van der Waals surface area (Å²) < 4.78 is 7.26. The molecule has 0 amide bonds. The quantitative estimate of drug-likeness (QED) is 0.480. The topological polar surface area (TPSA) is 88.1 Å². The van der Waals surface area contributed by atoms with Crippen molar-refractivity contribution in [3.8, 4) is 22.8 Å². The Morgan fingerprint density at radius 1 is 1.19 bits per heavy atom. The highest BCUT2D eigenvalue weighted by atomic mass is 16.5. The monoisotopic (exact) mass is 418 g/mol. The van der Waals surface area contributed by atoms with Crippen LogP contribution in [0.1, 0.15) is 5.69 Å². The first kappa shape index (κ1) is 20.6. The molecule has 0 fully saturated rings. The van der Waals surface area contributed by atoms with Crippen molar-refractivity contribution >= 4 is 16.7 Å². The molecule has 2 N–H and O–H groups in total. The molecule has 0 bridgehead atoms. The molecule has 0 radical (unpaired) electrons. The number of nitrogens with one attached hydrogen (secondary N) is 2. The van der Waals surface area contributed by atoms with Gasteiger partial charge in [0.2, 0.25) is 0 Å². The van der Waals surface area contributed by atoms with Crippen LogP contribution in [0, 0.1) is 6.92 Å². The Balaban J connectivity index is 1.80. The van der Waals surface area contributed by atoms with Gasteiger partial charge >= 0.3 is 0 Å². The molecule has 0 spiro atoms. The highest BCUT2D eigenvalue weighted by molar-refractivity contribution is 5.81. The Bertz CT molecular complexity index is 1260. The van der Waals surface area contributed by atoms with Crippen molar-refractivity contribution in [1.29, 1.82) is 0 Å². The summed E-state index contributed by atoms with van der Waals surface area (Å²) in [5.74, 6) is 1.10. The maximum absolute atomic E-state index is 13.1. The molecule has 4 rings (SSSR count). The molecule has 2 heterocycles. The molecule has 2 aromatic heterocycles. The van der Waals surface area contributed by atoms with Gasteiger partial charge in [0, 0.05) is 31.9 Å². The molecule has 160 valence electrons. The summed E-state index contributed by atoms with van der Waals surface area (Å²) in [6, 6.07) is 15.4. The van der Waals surface area contributed by atoms with E-state index in [-0.39, 0.29) is 5.56 Å². The maximum Gasteiger partial charge on any atom is 0.277 e. The van der Waals surface area contributed by atoms with Crippen LogP contribution in [0.25, 0.3) is 28.1 Å². The standard InChI is InChI=1S/C23H26N6O2/c1-15-20-21(29(27-15)16-8-6-5-7-9-16)23(30)26-22(25-20)18-11-10-17(14-19(18)31-4)28(3)13-12-24-2/h5-11,14,24H,12-13H2,1-4H3,(H,25,26,30). The predicted octanol–water partition coefficient (Wildman–Crippen LogP) is 2.75.